The third-order valence-electron chi connectivity index (χ3n) is 9.96. The summed E-state index contributed by atoms with van der Waals surface area (Å²) in [7, 11) is 0. The van der Waals surface area contributed by atoms with Gasteiger partial charge in [0.2, 0.25) is 5.88 Å². The van der Waals surface area contributed by atoms with Crippen LogP contribution in [0, 0.1) is 19.7 Å². The maximum atomic E-state index is 17.1. The Hall–Kier alpha value is -3.87. The number of hydrogen-bond acceptors (Lipinski definition) is 10. The number of halogens is 1. The summed E-state index contributed by atoms with van der Waals surface area (Å²) < 4.78 is 35.3. The second kappa shape index (κ2) is 12.1. The maximum absolute atomic E-state index is 17.1. The van der Waals surface area contributed by atoms with Crippen LogP contribution in [-0.4, -0.2) is 80.3 Å². The van der Waals surface area contributed by atoms with Crippen LogP contribution in [0.4, 0.5) is 25.5 Å². The monoisotopic (exact) mass is 706 g/mol. The van der Waals surface area contributed by atoms with Crippen LogP contribution in [0.15, 0.2) is 11.2 Å². The highest BCUT2D eigenvalue weighted by Crippen LogP contribution is 2.50. The Morgan fingerprint density at radius 3 is 2.36 bits per heavy atom. The van der Waals surface area contributed by atoms with Crippen molar-refractivity contribution in [2.75, 3.05) is 23.0 Å². The van der Waals surface area contributed by atoms with E-state index in [2.05, 4.69) is 10.2 Å². The first kappa shape index (κ1) is 34.6. The summed E-state index contributed by atoms with van der Waals surface area (Å²) in [4.78, 5) is 45.2. The molecule has 4 aliphatic rings. The van der Waals surface area contributed by atoms with Crippen molar-refractivity contribution in [1.29, 1.82) is 0 Å². The lowest BCUT2D eigenvalue weighted by atomic mass is 9.92. The molecule has 2 bridgehead atoms. The first-order chi connectivity index (χ1) is 23.5. The van der Waals surface area contributed by atoms with E-state index in [0.717, 1.165) is 36.8 Å². The molecule has 1 unspecified atom stereocenters. The van der Waals surface area contributed by atoms with Crippen molar-refractivity contribution in [1.82, 2.24) is 19.9 Å². The number of carbonyl (C=O) groups is 2. The lowest BCUT2D eigenvalue weighted by Gasteiger charge is -2.48. The molecule has 3 aliphatic heterocycles. The molecular formula is C37H47FN6O5S. The van der Waals surface area contributed by atoms with Gasteiger partial charge < -0.3 is 19.1 Å². The molecule has 1 aliphatic carbocycles. The third kappa shape index (κ3) is 6.09. The largest absolute Gasteiger partial charge is 0.472 e. The standard InChI is InChI=1S/C37H47FN6O5S/c1-17-15-22(18(2)27(24(17)20-11-12-20)41-34(45)48-36(4,5)6)28-26(38)29-25-31(42-33(40-29)50-10)43-16-21-13-14-23(30(43)19(3)47-32(25)39-28)44(21)35(46)49-37(7,8)9/h15,19-21,23,30H,11-14,16H2,1-10H3,(H,41,45)/t19-,21+,23-,30?/m0/s1. The Kier molecular flexibility index (Phi) is 8.39. The number of piperazine rings is 1. The molecule has 1 N–H and O–H groups in total. The van der Waals surface area contributed by atoms with E-state index in [1.54, 1.807) is 0 Å². The van der Waals surface area contributed by atoms with Gasteiger partial charge in [-0.15, -0.1) is 0 Å². The van der Waals surface area contributed by atoms with Crippen molar-refractivity contribution in [3.8, 4) is 17.1 Å². The number of pyridine rings is 1. The van der Waals surface area contributed by atoms with Crippen LogP contribution < -0.4 is 15.0 Å². The molecule has 1 aromatic carbocycles. The number of aryl methyl sites for hydroxylation is 1. The van der Waals surface area contributed by atoms with Gasteiger partial charge in [0.1, 0.15) is 39.7 Å². The van der Waals surface area contributed by atoms with E-state index in [-0.39, 0.29) is 41.3 Å². The number of aromatic nitrogens is 3. The van der Waals surface area contributed by atoms with E-state index in [0.29, 0.717) is 45.6 Å². The summed E-state index contributed by atoms with van der Waals surface area (Å²) in [5.74, 6) is 0.526. The van der Waals surface area contributed by atoms with Crippen molar-refractivity contribution in [2.24, 2.45) is 0 Å². The number of fused-ring (bicyclic) bond motifs is 5. The van der Waals surface area contributed by atoms with Crippen LogP contribution >= 0.6 is 11.8 Å². The van der Waals surface area contributed by atoms with E-state index in [4.69, 9.17) is 29.2 Å². The Bertz CT molecular complexity index is 1900. The number of carbonyl (C=O) groups excluding carboxylic acids is 2. The fraction of sp³-hybridized carbons (Fsp3) is 0.595. The van der Waals surface area contributed by atoms with Crippen molar-refractivity contribution >= 4 is 46.4 Å². The summed E-state index contributed by atoms with van der Waals surface area (Å²) in [5, 5.41) is 3.85. The Morgan fingerprint density at radius 2 is 1.72 bits per heavy atom. The number of hydrogen-bond donors (Lipinski definition) is 1. The molecular weight excluding hydrogens is 660 g/mol. The maximum Gasteiger partial charge on any atom is 0.412 e. The summed E-state index contributed by atoms with van der Waals surface area (Å²) >= 11 is 1.34. The number of rotatable bonds is 4. The lowest BCUT2D eigenvalue weighted by Crippen LogP contribution is -2.65. The van der Waals surface area contributed by atoms with Gasteiger partial charge in [0.05, 0.1) is 23.8 Å². The number of ether oxygens (including phenoxy) is 3. The lowest BCUT2D eigenvalue weighted by molar-refractivity contribution is 0.000929. The van der Waals surface area contributed by atoms with Crippen LogP contribution in [-0.2, 0) is 9.47 Å². The van der Waals surface area contributed by atoms with E-state index >= 15 is 4.39 Å². The van der Waals surface area contributed by atoms with Crippen molar-refractivity contribution < 1.29 is 28.2 Å². The van der Waals surface area contributed by atoms with Gasteiger partial charge in [-0.05, 0) is 123 Å². The van der Waals surface area contributed by atoms with E-state index in [9.17, 15) is 9.59 Å². The summed E-state index contributed by atoms with van der Waals surface area (Å²) in [6.45, 7) is 17.4. The Morgan fingerprint density at radius 1 is 1.02 bits per heavy atom. The Labute approximate surface area is 297 Å². The molecule has 3 aromatic rings. The van der Waals surface area contributed by atoms with Crippen molar-refractivity contribution in [3.63, 3.8) is 0 Å². The summed E-state index contributed by atoms with van der Waals surface area (Å²) in [6, 6.07) is 1.39. The second-order valence-corrected chi connectivity index (χ2v) is 16.8. The average Bonchev–Trinajstić information content (AvgIpc) is 3.81. The molecule has 0 spiro atoms. The fourth-order valence-electron chi connectivity index (χ4n) is 7.94. The first-order valence-electron chi connectivity index (χ1n) is 17.5. The predicted octanol–water partition coefficient (Wildman–Crippen LogP) is 8.13. The zero-order valence-corrected chi connectivity index (χ0v) is 31.4. The van der Waals surface area contributed by atoms with Crippen LogP contribution in [0.2, 0.25) is 0 Å². The molecule has 7 rings (SSSR count). The summed E-state index contributed by atoms with van der Waals surface area (Å²) in [5.41, 5.74) is 2.72. The van der Waals surface area contributed by atoms with E-state index in [1.165, 1.54) is 11.8 Å². The number of nitrogens with one attached hydrogen (secondary N) is 1. The molecule has 50 heavy (non-hydrogen) atoms. The van der Waals surface area contributed by atoms with Gasteiger partial charge in [-0.25, -0.2) is 28.9 Å². The Balaban J connectivity index is 1.36. The molecule has 2 saturated heterocycles. The highest BCUT2D eigenvalue weighted by Gasteiger charge is 2.54. The number of amides is 2. The van der Waals surface area contributed by atoms with Crippen LogP contribution in [0.25, 0.3) is 22.2 Å². The number of thioether (sulfide) groups is 1. The van der Waals surface area contributed by atoms with Crippen molar-refractivity contribution in [2.45, 2.75) is 135 Å². The SMILES string of the molecule is CSc1nc2c3c(nc(-c4cc(C)c(C5CC5)c(NC(=O)OC(C)(C)C)c4C)c(F)c3n1)O[C@@H](C)C1[C@@H]3CC[C@H](CN21)N3C(=O)OC(C)(C)C. The van der Waals surface area contributed by atoms with E-state index < -0.39 is 29.2 Å². The number of nitrogens with zero attached hydrogens (tertiary/aromatic N) is 5. The van der Waals surface area contributed by atoms with Gasteiger partial charge in [0, 0.05) is 12.1 Å². The zero-order chi connectivity index (χ0) is 36.0. The van der Waals surface area contributed by atoms with Crippen LogP contribution in [0.5, 0.6) is 5.88 Å². The molecule has 4 atom stereocenters. The van der Waals surface area contributed by atoms with Gasteiger partial charge in [-0.1, -0.05) is 11.8 Å². The average molecular weight is 707 g/mol. The van der Waals surface area contributed by atoms with Gasteiger partial charge in [0.25, 0.3) is 0 Å². The van der Waals surface area contributed by atoms with E-state index in [1.807, 2.05) is 79.5 Å². The molecule has 1 saturated carbocycles. The zero-order valence-electron chi connectivity index (χ0n) is 30.6. The second-order valence-electron chi connectivity index (χ2n) is 16.0. The van der Waals surface area contributed by atoms with Gasteiger partial charge in [0.15, 0.2) is 11.0 Å². The van der Waals surface area contributed by atoms with Crippen LogP contribution in [0.3, 0.4) is 0 Å². The van der Waals surface area contributed by atoms with Gasteiger partial charge in [-0.3, -0.25) is 10.2 Å². The first-order valence-corrected chi connectivity index (χ1v) is 18.7. The number of benzene rings is 1. The molecule has 13 heteroatoms. The minimum absolute atomic E-state index is 0.0864. The normalized spacial score (nSPS) is 22.9. The summed E-state index contributed by atoms with van der Waals surface area (Å²) in [6.07, 6.45) is 4.17. The third-order valence-corrected chi connectivity index (χ3v) is 10.5. The van der Waals surface area contributed by atoms with Gasteiger partial charge in [-0.2, -0.15) is 0 Å². The topological polar surface area (TPSA) is 119 Å². The highest BCUT2D eigenvalue weighted by atomic mass is 32.2. The quantitative estimate of drug-likeness (QED) is 0.210. The highest BCUT2D eigenvalue weighted by molar-refractivity contribution is 7.98. The predicted molar refractivity (Wildman–Crippen MR) is 192 cm³/mol. The minimum atomic E-state index is -0.686. The molecule has 11 nitrogen and oxygen atoms in total. The molecule has 3 fully saturated rings. The molecule has 268 valence electrons. The molecule has 0 radical (unpaired) electrons. The number of anilines is 2. The molecule has 2 aromatic heterocycles. The molecule has 2 amide bonds. The smallest absolute Gasteiger partial charge is 0.412 e. The van der Waals surface area contributed by atoms with Crippen molar-refractivity contribution in [3.05, 3.63) is 28.6 Å². The van der Waals surface area contributed by atoms with Crippen LogP contribution in [0.1, 0.15) is 96.8 Å². The fourth-order valence-corrected chi connectivity index (χ4v) is 8.30. The molecule has 5 heterocycles. The van der Waals surface area contributed by atoms with Gasteiger partial charge >= 0.3 is 12.2 Å². The minimum Gasteiger partial charge on any atom is -0.472 e.